The van der Waals surface area contributed by atoms with Crippen LogP contribution >= 0.6 is 23.1 Å². The number of nitrogens with zero attached hydrogens (tertiary/aromatic N) is 2. The molecule has 0 amide bonds. The third-order valence-electron chi connectivity index (χ3n) is 3.81. The number of thiazole rings is 1. The lowest BCUT2D eigenvalue weighted by Crippen LogP contribution is -2.44. The van der Waals surface area contributed by atoms with Gasteiger partial charge in [0.25, 0.3) is 0 Å². The van der Waals surface area contributed by atoms with Gasteiger partial charge in [0.05, 0.1) is 0 Å². The Morgan fingerprint density at radius 1 is 1.44 bits per heavy atom. The molecule has 0 aromatic carbocycles. The summed E-state index contributed by atoms with van der Waals surface area (Å²) >= 11 is 3.93. The first-order valence-corrected chi connectivity index (χ1v) is 8.67. The van der Waals surface area contributed by atoms with E-state index >= 15 is 0 Å². The lowest BCUT2D eigenvalue weighted by molar-refractivity contribution is 0.626. The Kier molecular flexibility index (Phi) is 3.82. The molecule has 100 valence electrons. The van der Waals surface area contributed by atoms with E-state index in [0.717, 1.165) is 19.1 Å². The molecule has 0 spiro atoms. The average molecular weight is 283 g/mol. The molecular formula is C13H21N3S2. The van der Waals surface area contributed by atoms with Crippen molar-refractivity contribution < 1.29 is 0 Å². The van der Waals surface area contributed by atoms with Gasteiger partial charge in [0.2, 0.25) is 0 Å². The van der Waals surface area contributed by atoms with Crippen molar-refractivity contribution in [3.63, 3.8) is 0 Å². The molecule has 1 N–H and O–H groups in total. The summed E-state index contributed by atoms with van der Waals surface area (Å²) in [5.41, 5.74) is 0. The summed E-state index contributed by atoms with van der Waals surface area (Å²) in [6.45, 7) is 6.78. The van der Waals surface area contributed by atoms with Crippen LogP contribution < -0.4 is 10.2 Å². The highest BCUT2D eigenvalue weighted by molar-refractivity contribution is 8.00. The molecule has 1 aliphatic carbocycles. The maximum Gasteiger partial charge on any atom is 0.185 e. The Morgan fingerprint density at radius 3 is 3.06 bits per heavy atom. The second-order valence-corrected chi connectivity index (χ2v) is 7.85. The SMILES string of the molecule is CC1SCCN(c2ncc(CNC3CC3)s2)C1C. The van der Waals surface area contributed by atoms with Gasteiger partial charge in [0.1, 0.15) is 0 Å². The Bertz CT molecular complexity index is 403. The molecule has 3 nitrogen and oxygen atoms in total. The summed E-state index contributed by atoms with van der Waals surface area (Å²) in [4.78, 5) is 8.47. The fourth-order valence-corrected chi connectivity index (χ4v) is 4.32. The predicted octanol–water partition coefficient (Wildman–Crippen LogP) is 2.73. The molecule has 2 aliphatic rings. The second kappa shape index (κ2) is 5.39. The lowest BCUT2D eigenvalue weighted by atomic mass is 10.2. The summed E-state index contributed by atoms with van der Waals surface area (Å²) in [7, 11) is 0. The molecule has 2 heterocycles. The van der Waals surface area contributed by atoms with Crippen molar-refractivity contribution in [1.29, 1.82) is 0 Å². The van der Waals surface area contributed by atoms with E-state index in [1.165, 1.54) is 28.6 Å². The summed E-state index contributed by atoms with van der Waals surface area (Å²) in [6, 6.07) is 1.38. The first-order valence-electron chi connectivity index (χ1n) is 6.80. The van der Waals surface area contributed by atoms with Crippen LogP contribution in [-0.4, -0.2) is 34.6 Å². The number of nitrogens with one attached hydrogen (secondary N) is 1. The molecule has 2 unspecified atom stereocenters. The molecule has 0 bridgehead atoms. The summed E-state index contributed by atoms with van der Waals surface area (Å²) in [5, 5.41) is 5.47. The first-order chi connectivity index (χ1) is 8.74. The Hall–Kier alpha value is -0.260. The molecule has 1 saturated carbocycles. The van der Waals surface area contributed by atoms with Gasteiger partial charge in [-0.3, -0.25) is 0 Å². The van der Waals surface area contributed by atoms with Crippen molar-refractivity contribution in [2.45, 2.75) is 50.6 Å². The molecule has 0 radical (unpaired) electrons. The van der Waals surface area contributed by atoms with Gasteiger partial charge in [-0.1, -0.05) is 6.92 Å². The van der Waals surface area contributed by atoms with Crippen LogP contribution in [0, 0.1) is 0 Å². The van der Waals surface area contributed by atoms with Crippen LogP contribution in [0.5, 0.6) is 0 Å². The van der Waals surface area contributed by atoms with Gasteiger partial charge >= 0.3 is 0 Å². The molecular weight excluding hydrogens is 262 g/mol. The summed E-state index contributed by atoms with van der Waals surface area (Å²) in [5.74, 6) is 1.22. The van der Waals surface area contributed by atoms with Crippen molar-refractivity contribution in [3.05, 3.63) is 11.1 Å². The van der Waals surface area contributed by atoms with Gasteiger partial charge in [-0.15, -0.1) is 11.3 Å². The van der Waals surface area contributed by atoms with Crippen LogP contribution in [0.3, 0.4) is 0 Å². The van der Waals surface area contributed by atoms with Crippen LogP contribution in [-0.2, 0) is 6.54 Å². The van der Waals surface area contributed by atoms with E-state index in [1.807, 2.05) is 11.3 Å². The third kappa shape index (κ3) is 2.83. The van der Waals surface area contributed by atoms with Crippen LogP contribution in [0.1, 0.15) is 31.6 Å². The molecule has 1 aromatic heterocycles. The fourth-order valence-electron chi connectivity index (χ4n) is 2.25. The molecule has 2 fully saturated rings. The Labute approximate surface area is 117 Å². The summed E-state index contributed by atoms with van der Waals surface area (Å²) < 4.78 is 0. The quantitative estimate of drug-likeness (QED) is 0.919. The molecule has 2 atom stereocenters. The van der Waals surface area contributed by atoms with E-state index < -0.39 is 0 Å². The number of hydrogen-bond acceptors (Lipinski definition) is 5. The molecule has 1 aromatic rings. The standard InChI is InChI=1S/C13H21N3S2/c1-9-10(2)17-6-5-16(9)13-15-8-12(18-13)7-14-11-3-4-11/h8-11,14H,3-7H2,1-2H3. The smallest absolute Gasteiger partial charge is 0.185 e. The zero-order valence-electron chi connectivity index (χ0n) is 11.1. The molecule has 5 heteroatoms. The molecule has 18 heavy (non-hydrogen) atoms. The van der Waals surface area contributed by atoms with E-state index in [0.29, 0.717) is 11.3 Å². The average Bonchev–Trinajstić information content (AvgIpc) is 3.08. The maximum absolute atomic E-state index is 4.62. The minimum absolute atomic E-state index is 0.596. The van der Waals surface area contributed by atoms with Gasteiger partial charge in [-0.25, -0.2) is 4.98 Å². The van der Waals surface area contributed by atoms with Crippen LogP contribution in [0.2, 0.25) is 0 Å². The van der Waals surface area contributed by atoms with E-state index in [1.54, 1.807) is 0 Å². The van der Waals surface area contributed by atoms with Crippen molar-refractivity contribution in [1.82, 2.24) is 10.3 Å². The molecule has 1 aliphatic heterocycles. The molecule has 1 saturated heterocycles. The van der Waals surface area contributed by atoms with Crippen LogP contribution in [0.15, 0.2) is 6.20 Å². The summed E-state index contributed by atoms with van der Waals surface area (Å²) in [6.07, 6.45) is 4.75. The zero-order chi connectivity index (χ0) is 12.5. The highest BCUT2D eigenvalue weighted by atomic mass is 32.2. The first kappa shape index (κ1) is 12.8. The van der Waals surface area contributed by atoms with E-state index in [9.17, 15) is 0 Å². The van der Waals surface area contributed by atoms with Crippen molar-refractivity contribution in [3.8, 4) is 0 Å². The molecule has 3 rings (SSSR count). The lowest BCUT2D eigenvalue weighted by Gasteiger charge is -2.37. The second-order valence-electron chi connectivity index (χ2n) is 5.27. The highest BCUT2D eigenvalue weighted by Gasteiger charge is 2.27. The Balaban J connectivity index is 1.63. The minimum atomic E-state index is 0.596. The zero-order valence-corrected chi connectivity index (χ0v) is 12.7. The van der Waals surface area contributed by atoms with Crippen LogP contribution in [0.4, 0.5) is 5.13 Å². The number of thioether (sulfide) groups is 1. The predicted molar refractivity (Wildman–Crippen MR) is 80.7 cm³/mol. The van der Waals surface area contributed by atoms with Gasteiger partial charge in [0.15, 0.2) is 5.13 Å². The van der Waals surface area contributed by atoms with Crippen molar-refractivity contribution >= 4 is 28.2 Å². The van der Waals surface area contributed by atoms with Gasteiger partial charge in [-0.05, 0) is 19.8 Å². The monoisotopic (exact) mass is 283 g/mol. The maximum atomic E-state index is 4.62. The number of hydrogen-bond donors (Lipinski definition) is 1. The largest absolute Gasteiger partial charge is 0.343 e. The fraction of sp³-hybridized carbons (Fsp3) is 0.769. The van der Waals surface area contributed by atoms with Gasteiger partial charge < -0.3 is 10.2 Å². The topological polar surface area (TPSA) is 28.2 Å². The normalized spacial score (nSPS) is 28.7. The number of rotatable bonds is 4. The highest BCUT2D eigenvalue weighted by Crippen LogP contribution is 2.32. The van der Waals surface area contributed by atoms with E-state index in [4.69, 9.17) is 0 Å². The van der Waals surface area contributed by atoms with E-state index in [-0.39, 0.29) is 0 Å². The minimum Gasteiger partial charge on any atom is -0.343 e. The van der Waals surface area contributed by atoms with Gasteiger partial charge in [0, 0.05) is 47.2 Å². The number of anilines is 1. The van der Waals surface area contributed by atoms with Crippen molar-refractivity contribution in [2.24, 2.45) is 0 Å². The van der Waals surface area contributed by atoms with E-state index in [2.05, 4.69) is 47.0 Å². The third-order valence-corrected chi connectivity index (χ3v) is 6.19. The number of aromatic nitrogens is 1. The van der Waals surface area contributed by atoms with Gasteiger partial charge in [-0.2, -0.15) is 11.8 Å². The van der Waals surface area contributed by atoms with Crippen LogP contribution in [0.25, 0.3) is 0 Å². The Morgan fingerprint density at radius 2 is 2.28 bits per heavy atom. The van der Waals surface area contributed by atoms with Crippen molar-refractivity contribution in [2.75, 3.05) is 17.2 Å².